The minimum Gasteiger partial charge on any atom is -0.496 e. The van der Waals surface area contributed by atoms with E-state index in [0.717, 1.165) is 16.9 Å². The van der Waals surface area contributed by atoms with Gasteiger partial charge in [0.05, 0.1) is 19.4 Å². The zero-order valence-corrected chi connectivity index (χ0v) is 12.6. The molecule has 0 aliphatic carbocycles. The summed E-state index contributed by atoms with van der Waals surface area (Å²) in [5, 5.41) is 8.94. The molecule has 1 aliphatic rings. The highest BCUT2D eigenvalue weighted by atomic mass is 16.5. The lowest BCUT2D eigenvalue weighted by Crippen LogP contribution is -2.53. The number of aryl methyl sites for hydroxylation is 1. The first kappa shape index (κ1) is 15.4. The van der Waals surface area contributed by atoms with Crippen molar-refractivity contribution < 1.29 is 19.4 Å². The maximum Gasteiger partial charge on any atom is 0.306 e. The van der Waals surface area contributed by atoms with Crippen molar-refractivity contribution >= 4 is 11.9 Å². The molecule has 2 rings (SSSR count). The van der Waals surface area contributed by atoms with Gasteiger partial charge in [0.2, 0.25) is 5.91 Å². The molecule has 1 heterocycles. The molecule has 1 saturated heterocycles. The Hall–Kier alpha value is -2.04. The number of hydrogen-bond donors (Lipinski definition) is 1. The summed E-state index contributed by atoms with van der Waals surface area (Å²) in [4.78, 5) is 24.8. The molecular weight excluding hydrogens is 270 g/mol. The number of ether oxygens (including phenoxy) is 1. The lowest BCUT2D eigenvalue weighted by Gasteiger charge is -2.41. The van der Waals surface area contributed by atoms with Crippen molar-refractivity contribution in [3.63, 3.8) is 0 Å². The van der Waals surface area contributed by atoms with Gasteiger partial charge >= 0.3 is 5.97 Å². The first-order valence-electron chi connectivity index (χ1n) is 7.06. The Morgan fingerprint density at radius 1 is 1.43 bits per heavy atom. The molecule has 1 aromatic carbocycles. The molecule has 1 aliphatic heterocycles. The van der Waals surface area contributed by atoms with Crippen LogP contribution < -0.4 is 4.74 Å². The number of carbonyl (C=O) groups is 2. The van der Waals surface area contributed by atoms with Crippen molar-refractivity contribution in [2.45, 2.75) is 20.3 Å². The Bertz CT molecular complexity index is 549. The first-order chi connectivity index (χ1) is 9.92. The van der Waals surface area contributed by atoms with Crippen LogP contribution in [0, 0.1) is 18.8 Å². The van der Waals surface area contributed by atoms with Gasteiger partial charge in [0.25, 0.3) is 0 Å². The highest BCUT2D eigenvalue weighted by Crippen LogP contribution is 2.25. The molecule has 0 bridgehead atoms. The second-order valence-corrected chi connectivity index (χ2v) is 5.67. The van der Waals surface area contributed by atoms with Crippen LogP contribution in [0.15, 0.2) is 18.2 Å². The number of nitrogens with zero attached hydrogens (tertiary/aromatic N) is 1. The van der Waals surface area contributed by atoms with Crippen LogP contribution in [-0.2, 0) is 16.0 Å². The van der Waals surface area contributed by atoms with E-state index in [2.05, 4.69) is 0 Å². The van der Waals surface area contributed by atoms with E-state index in [1.54, 1.807) is 18.9 Å². The molecule has 1 fully saturated rings. The quantitative estimate of drug-likeness (QED) is 0.897. The second-order valence-electron chi connectivity index (χ2n) is 5.67. The van der Waals surface area contributed by atoms with Crippen molar-refractivity contribution in [1.29, 1.82) is 0 Å². The summed E-state index contributed by atoms with van der Waals surface area (Å²) in [5.41, 5.74) is 1.95. The number of carbonyl (C=O) groups excluding carboxylic acids is 1. The van der Waals surface area contributed by atoms with Crippen LogP contribution in [0.1, 0.15) is 18.1 Å². The zero-order valence-electron chi connectivity index (χ0n) is 12.6. The molecule has 1 aromatic rings. The van der Waals surface area contributed by atoms with Gasteiger partial charge in [0, 0.05) is 19.0 Å². The van der Waals surface area contributed by atoms with Gasteiger partial charge in [0.15, 0.2) is 0 Å². The average molecular weight is 291 g/mol. The number of carboxylic acid groups (broad SMARTS) is 1. The average Bonchev–Trinajstić information content (AvgIpc) is 2.39. The SMILES string of the molecule is COc1cc(CC(=O)N2CC(C(C)C(=O)O)C2)ccc1C. The van der Waals surface area contributed by atoms with Crippen molar-refractivity contribution in [2.75, 3.05) is 20.2 Å². The van der Waals surface area contributed by atoms with E-state index in [1.165, 1.54) is 0 Å². The Balaban J connectivity index is 1.90. The standard InChI is InChI=1S/C16H21NO4/c1-10-4-5-12(6-14(10)21-3)7-15(18)17-8-13(9-17)11(2)16(19)20/h4-6,11,13H,7-9H2,1-3H3,(H,19,20). The Morgan fingerprint density at radius 3 is 2.67 bits per heavy atom. The topological polar surface area (TPSA) is 66.8 Å². The van der Waals surface area contributed by atoms with Crippen LogP contribution in [0.3, 0.4) is 0 Å². The van der Waals surface area contributed by atoms with Crippen LogP contribution in [-0.4, -0.2) is 42.1 Å². The highest BCUT2D eigenvalue weighted by Gasteiger charge is 2.36. The number of amides is 1. The number of methoxy groups -OCH3 is 1. The molecule has 114 valence electrons. The number of carboxylic acids is 1. The summed E-state index contributed by atoms with van der Waals surface area (Å²) < 4.78 is 5.25. The smallest absolute Gasteiger partial charge is 0.306 e. The number of hydrogen-bond acceptors (Lipinski definition) is 3. The molecular formula is C16H21NO4. The van der Waals surface area contributed by atoms with E-state index in [4.69, 9.17) is 9.84 Å². The van der Waals surface area contributed by atoms with Crippen LogP contribution in [0.4, 0.5) is 0 Å². The highest BCUT2D eigenvalue weighted by molar-refractivity contribution is 5.80. The van der Waals surface area contributed by atoms with E-state index >= 15 is 0 Å². The second kappa shape index (κ2) is 6.16. The lowest BCUT2D eigenvalue weighted by molar-refractivity contribution is -0.150. The third-order valence-corrected chi connectivity index (χ3v) is 4.19. The fourth-order valence-electron chi connectivity index (χ4n) is 2.49. The number of aliphatic carboxylic acids is 1. The minimum atomic E-state index is -0.796. The molecule has 1 amide bonds. The van der Waals surface area contributed by atoms with Gasteiger partial charge in [-0.3, -0.25) is 9.59 Å². The fourth-order valence-corrected chi connectivity index (χ4v) is 2.49. The first-order valence-corrected chi connectivity index (χ1v) is 7.06. The van der Waals surface area contributed by atoms with E-state index in [-0.39, 0.29) is 11.8 Å². The van der Waals surface area contributed by atoms with E-state index in [0.29, 0.717) is 19.5 Å². The maximum atomic E-state index is 12.2. The summed E-state index contributed by atoms with van der Waals surface area (Å²) in [7, 11) is 1.61. The van der Waals surface area contributed by atoms with Gasteiger partial charge in [-0.25, -0.2) is 0 Å². The van der Waals surface area contributed by atoms with Gasteiger partial charge in [0.1, 0.15) is 5.75 Å². The zero-order chi connectivity index (χ0) is 15.6. The van der Waals surface area contributed by atoms with Crippen molar-refractivity contribution in [3.05, 3.63) is 29.3 Å². The molecule has 0 saturated carbocycles. The van der Waals surface area contributed by atoms with Gasteiger partial charge in [-0.1, -0.05) is 19.1 Å². The normalized spacial score (nSPS) is 16.2. The number of benzene rings is 1. The molecule has 1 atom stereocenters. The van der Waals surface area contributed by atoms with E-state index in [1.807, 2.05) is 25.1 Å². The third-order valence-electron chi connectivity index (χ3n) is 4.19. The molecule has 0 spiro atoms. The number of rotatable bonds is 5. The monoisotopic (exact) mass is 291 g/mol. The molecule has 5 nitrogen and oxygen atoms in total. The number of likely N-dealkylation sites (tertiary alicyclic amines) is 1. The Morgan fingerprint density at radius 2 is 2.10 bits per heavy atom. The lowest BCUT2D eigenvalue weighted by atomic mass is 9.86. The summed E-state index contributed by atoms with van der Waals surface area (Å²) in [6.45, 7) is 4.72. The van der Waals surface area contributed by atoms with Crippen molar-refractivity contribution in [3.8, 4) is 5.75 Å². The van der Waals surface area contributed by atoms with Crippen molar-refractivity contribution in [1.82, 2.24) is 4.90 Å². The maximum absolute atomic E-state index is 12.2. The van der Waals surface area contributed by atoms with Crippen LogP contribution >= 0.6 is 0 Å². The molecule has 0 radical (unpaired) electrons. The summed E-state index contributed by atoms with van der Waals surface area (Å²) in [6.07, 6.45) is 0.324. The summed E-state index contributed by atoms with van der Waals surface area (Å²) >= 11 is 0. The predicted molar refractivity (Wildman–Crippen MR) is 78.3 cm³/mol. The third kappa shape index (κ3) is 3.35. The van der Waals surface area contributed by atoms with Crippen LogP contribution in [0.5, 0.6) is 5.75 Å². The Labute approximate surface area is 124 Å². The molecule has 1 unspecified atom stereocenters. The fraction of sp³-hybridized carbons (Fsp3) is 0.500. The molecule has 1 N–H and O–H groups in total. The minimum absolute atomic E-state index is 0.0368. The molecule has 0 aromatic heterocycles. The van der Waals surface area contributed by atoms with Gasteiger partial charge in [-0.15, -0.1) is 0 Å². The van der Waals surface area contributed by atoms with Crippen molar-refractivity contribution in [2.24, 2.45) is 11.8 Å². The summed E-state index contributed by atoms with van der Waals surface area (Å²) in [5.74, 6) is -0.307. The summed E-state index contributed by atoms with van der Waals surface area (Å²) in [6, 6.07) is 5.74. The predicted octanol–water partition coefficient (Wildman–Crippen LogP) is 1.73. The van der Waals surface area contributed by atoms with Crippen LogP contribution in [0.25, 0.3) is 0 Å². The largest absolute Gasteiger partial charge is 0.496 e. The Kier molecular flexibility index (Phi) is 4.50. The van der Waals surface area contributed by atoms with Crippen LogP contribution in [0.2, 0.25) is 0 Å². The van der Waals surface area contributed by atoms with Gasteiger partial charge < -0.3 is 14.7 Å². The van der Waals surface area contributed by atoms with E-state index in [9.17, 15) is 9.59 Å². The molecule has 5 heteroatoms. The van der Waals surface area contributed by atoms with Gasteiger partial charge in [-0.2, -0.15) is 0 Å². The van der Waals surface area contributed by atoms with E-state index < -0.39 is 11.9 Å². The molecule has 21 heavy (non-hydrogen) atoms. The van der Waals surface area contributed by atoms with Gasteiger partial charge in [-0.05, 0) is 24.1 Å².